The highest BCUT2D eigenvalue weighted by Gasteiger charge is 2.31. The van der Waals surface area contributed by atoms with Gasteiger partial charge in [-0.05, 0) is 71.4 Å². The number of nitrogens with zero attached hydrogens (tertiary/aromatic N) is 3. The third-order valence-electron chi connectivity index (χ3n) is 11.9. The van der Waals surface area contributed by atoms with Crippen LogP contribution in [0, 0.1) is 5.82 Å². The van der Waals surface area contributed by atoms with E-state index in [4.69, 9.17) is 19.4 Å². The highest BCUT2D eigenvalue weighted by atomic mass is 19.1. The molecule has 2 aromatic heterocycles. The fraction of sp³-hybridized carbons (Fsp3) is 0.0926. The van der Waals surface area contributed by atoms with Crippen LogP contribution < -0.4 is 5.32 Å². The SMILES string of the molecule is Fc1cc2c(cc1-c1cccc(C3C=C(c4ccccc4)N=C(c4ccccc4)N3)c1C1CCC1)oc1c(-c3cc(-c4ccccc4)nc(-c4ccccc4)n3)cccc12. The van der Waals surface area contributed by atoms with E-state index < -0.39 is 0 Å². The third kappa shape index (κ3) is 6.47. The predicted molar refractivity (Wildman–Crippen MR) is 241 cm³/mol. The normalized spacial score (nSPS) is 15.3. The molecule has 1 aliphatic heterocycles. The Morgan fingerprint density at radius 1 is 0.550 bits per heavy atom. The van der Waals surface area contributed by atoms with Crippen LogP contribution in [-0.2, 0) is 0 Å². The summed E-state index contributed by atoms with van der Waals surface area (Å²) in [4.78, 5) is 15.2. The Kier molecular flexibility index (Phi) is 8.96. The number of furan rings is 1. The lowest BCUT2D eigenvalue weighted by Gasteiger charge is -2.34. The van der Waals surface area contributed by atoms with Gasteiger partial charge in [0, 0.05) is 38.6 Å². The van der Waals surface area contributed by atoms with E-state index in [1.54, 1.807) is 6.07 Å². The van der Waals surface area contributed by atoms with Crippen molar-refractivity contribution in [2.75, 3.05) is 0 Å². The smallest absolute Gasteiger partial charge is 0.160 e. The molecule has 7 aromatic carbocycles. The average Bonchev–Trinajstić information content (AvgIpc) is 3.66. The van der Waals surface area contributed by atoms with E-state index >= 15 is 4.39 Å². The maximum absolute atomic E-state index is 16.9. The number of aromatic nitrogens is 2. The van der Waals surface area contributed by atoms with Crippen LogP contribution in [-0.4, -0.2) is 15.8 Å². The van der Waals surface area contributed by atoms with Gasteiger partial charge in [0.1, 0.15) is 22.8 Å². The topological polar surface area (TPSA) is 63.3 Å². The molecule has 5 nitrogen and oxygen atoms in total. The molecular formula is C54H39FN4O. The zero-order valence-corrected chi connectivity index (χ0v) is 32.7. The molecule has 60 heavy (non-hydrogen) atoms. The largest absolute Gasteiger partial charge is 0.455 e. The summed E-state index contributed by atoms with van der Waals surface area (Å²) in [6.45, 7) is 0. The number of benzene rings is 7. The summed E-state index contributed by atoms with van der Waals surface area (Å²) in [6, 6.07) is 58.4. The second-order valence-electron chi connectivity index (χ2n) is 15.6. The molecule has 2 aliphatic rings. The first-order valence-electron chi connectivity index (χ1n) is 20.6. The molecule has 1 atom stereocenters. The van der Waals surface area contributed by atoms with E-state index in [0.717, 1.165) is 91.9 Å². The summed E-state index contributed by atoms with van der Waals surface area (Å²) in [5.41, 5.74) is 12.3. The molecule has 6 heteroatoms. The molecule has 9 aromatic rings. The first kappa shape index (κ1) is 35.7. The van der Waals surface area contributed by atoms with Crippen molar-refractivity contribution in [3.8, 4) is 45.0 Å². The summed E-state index contributed by atoms with van der Waals surface area (Å²) in [5, 5.41) is 5.33. The van der Waals surface area contributed by atoms with Gasteiger partial charge in [-0.3, -0.25) is 0 Å². The molecule has 0 radical (unpaired) electrons. The van der Waals surface area contributed by atoms with Crippen LogP contribution in [0.1, 0.15) is 53.5 Å². The summed E-state index contributed by atoms with van der Waals surface area (Å²) in [7, 11) is 0. The summed E-state index contributed by atoms with van der Waals surface area (Å²) >= 11 is 0. The number of nitrogens with one attached hydrogen (secondary N) is 1. The number of amidine groups is 1. The fourth-order valence-corrected chi connectivity index (χ4v) is 8.74. The van der Waals surface area contributed by atoms with Crippen molar-refractivity contribution in [2.45, 2.75) is 31.2 Å². The van der Waals surface area contributed by atoms with Crippen molar-refractivity contribution >= 4 is 33.5 Å². The van der Waals surface area contributed by atoms with Crippen LogP contribution in [0.4, 0.5) is 4.39 Å². The third-order valence-corrected chi connectivity index (χ3v) is 11.9. The zero-order chi connectivity index (χ0) is 40.0. The first-order valence-corrected chi connectivity index (χ1v) is 20.6. The van der Waals surface area contributed by atoms with Gasteiger partial charge in [-0.15, -0.1) is 0 Å². The molecular weight excluding hydrogens is 740 g/mol. The minimum Gasteiger partial charge on any atom is -0.455 e. The Balaban J connectivity index is 1.05. The van der Waals surface area contributed by atoms with E-state index in [0.29, 0.717) is 28.5 Å². The Labute approximate surface area is 347 Å². The van der Waals surface area contributed by atoms with Crippen LogP contribution >= 0.6 is 0 Å². The van der Waals surface area contributed by atoms with Crippen molar-refractivity contribution in [3.05, 3.63) is 210 Å². The van der Waals surface area contributed by atoms with Crippen molar-refractivity contribution in [3.63, 3.8) is 0 Å². The molecule has 1 aliphatic carbocycles. The number of fused-ring (bicyclic) bond motifs is 3. The van der Waals surface area contributed by atoms with Crippen LogP contribution in [0.2, 0.25) is 0 Å². The van der Waals surface area contributed by atoms with Crippen LogP contribution in [0.25, 0.3) is 72.7 Å². The molecule has 0 saturated heterocycles. The number of halogens is 1. The van der Waals surface area contributed by atoms with E-state index in [1.807, 2.05) is 115 Å². The number of hydrogen-bond donors (Lipinski definition) is 1. The summed E-state index contributed by atoms with van der Waals surface area (Å²) in [5.74, 6) is 1.46. The lowest BCUT2D eigenvalue weighted by atomic mass is 9.74. The molecule has 0 amide bonds. The molecule has 1 fully saturated rings. The Bertz CT molecular complexity index is 3040. The number of aliphatic imine (C=N–C) groups is 1. The highest BCUT2D eigenvalue weighted by molar-refractivity contribution is 6.10. The van der Waals surface area contributed by atoms with E-state index in [-0.39, 0.29) is 11.9 Å². The zero-order valence-electron chi connectivity index (χ0n) is 32.7. The Hall–Kier alpha value is -7.44. The van der Waals surface area contributed by atoms with Crippen molar-refractivity contribution in [1.29, 1.82) is 0 Å². The van der Waals surface area contributed by atoms with Crippen LogP contribution in [0.3, 0.4) is 0 Å². The van der Waals surface area contributed by atoms with Gasteiger partial charge < -0.3 is 9.73 Å². The molecule has 0 bridgehead atoms. The molecule has 0 spiro atoms. The van der Waals surface area contributed by atoms with Gasteiger partial charge in [-0.25, -0.2) is 19.4 Å². The number of rotatable bonds is 8. The lowest BCUT2D eigenvalue weighted by Crippen LogP contribution is -2.32. The molecule has 1 N–H and O–H groups in total. The van der Waals surface area contributed by atoms with Crippen LogP contribution in [0.15, 0.2) is 191 Å². The molecule has 1 saturated carbocycles. The quantitative estimate of drug-likeness (QED) is 0.167. The lowest BCUT2D eigenvalue weighted by molar-refractivity contribution is 0.416. The minimum absolute atomic E-state index is 0.182. The van der Waals surface area contributed by atoms with Crippen molar-refractivity contribution in [2.24, 2.45) is 4.99 Å². The van der Waals surface area contributed by atoms with E-state index in [9.17, 15) is 0 Å². The second kappa shape index (κ2) is 15.1. The minimum atomic E-state index is -0.281. The molecule has 3 heterocycles. The fourth-order valence-electron chi connectivity index (χ4n) is 8.74. The van der Waals surface area contributed by atoms with Gasteiger partial charge in [0.2, 0.25) is 0 Å². The Morgan fingerprint density at radius 2 is 1.18 bits per heavy atom. The van der Waals surface area contributed by atoms with Gasteiger partial charge in [-0.2, -0.15) is 0 Å². The number of hydrogen-bond acceptors (Lipinski definition) is 5. The van der Waals surface area contributed by atoms with Crippen molar-refractivity contribution < 1.29 is 8.81 Å². The van der Waals surface area contributed by atoms with E-state index in [1.165, 1.54) is 5.56 Å². The highest BCUT2D eigenvalue weighted by Crippen LogP contribution is 2.47. The maximum Gasteiger partial charge on any atom is 0.160 e. The average molecular weight is 779 g/mol. The predicted octanol–water partition coefficient (Wildman–Crippen LogP) is 13.6. The number of para-hydroxylation sites is 1. The van der Waals surface area contributed by atoms with Crippen LogP contribution in [0.5, 0.6) is 0 Å². The first-order chi connectivity index (χ1) is 29.6. The van der Waals surface area contributed by atoms with E-state index in [2.05, 4.69) is 66.0 Å². The standard InChI is InChI=1S/C54H39FN4O/c55-45-30-44-40-27-15-29-42(49-33-47(35-18-7-2-8-19-35)57-54(59-49)38-22-11-4-12-23-38)52(40)60-50(44)31-43(45)39-26-14-28-41(51(39)36-24-13-25-36)48-32-46(34-16-5-1-6-17-34)56-53(58-48)37-20-9-3-10-21-37/h1-12,14-23,26-33,36,48H,13,24-25H2,(H,56,58). The van der Waals surface area contributed by atoms with Gasteiger partial charge in [0.25, 0.3) is 0 Å². The van der Waals surface area contributed by atoms with Gasteiger partial charge in [-0.1, -0.05) is 158 Å². The molecule has 1 unspecified atom stereocenters. The second-order valence-corrected chi connectivity index (χ2v) is 15.6. The molecule has 288 valence electrons. The maximum atomic E-state index is 16.9. The summed E-state index contributed by atoms with van der Waals surface area (Å²) in [6.07, 6.45) is 5.47. The molecule has 11 rings (SSSR count). The van der Waals surface area contributed by atoms with Gasteiger partial charge in [0.15, 0.2) is 5.82 Å². The monoisotopic (exact) mass is 778 g/mol. The summed E-state index contributed by atoms with van der Waals surface area (Å²) < 4.78 is 23.7. The van der Waals surface area contributed by atoms with Gasteiger partial charge in [0.05, 0.1) is 23.1 Å². The van der Waals surface area contributed by atoms with Gasteiger partial charge >= 0.3 is 0 Å². The van der Waals surface area contributed by atoms with Crippen molar-refractivity contribution in [1.82, 2.24) is 15.3 Å². The Morgan fingerprint density at radius 3 is 1.88 bits per heavy atom.